The highest BCUT2D eigenvalue weighted by Crippen LogP contribution is 2.34. The minimum absolute atomic E-state index is 0.319. The van der Waals surface area contributed by atoms with Gasteiger partial charge in [0.1, 0.15) is 5.75 Å². The van der Waals surface area contributed by atoms with Crippen molar-refractivity contribution >= 4 is 0 Å². The summed E-state index contributed by atoms with van der Waals surface area (Å²) in [6, 6.07) is 3.06. The number of halogens is 1. The van der Waals surface area contributed by atoms with Crippen LogP contribution in [0.15, 0.2) is 12.1 Å². The number of rotatable bonds is 4. The van der Waals surface area contributed by atoms with Crippen molar-refractivity contribution in [2.45, 2.75) is 19.3 Å². The summed E-state index contributed by atoms with van der Waals surface area (Å²) in [4.78, 5) is 0. The Balaban J connectivity index is 2.25. The number of benzene rings is 1. The molecule has 0 saturated carbocycles. The van der Waals surface area contributed by atoms with E-state index >= 15 is 0 Å². The number of ether oxygens (including phenoxy) is 2. The largest absolute Gasteiger partial charge is 0.496 e. The molecule has 0 aliphatic carbocycles. The number of hydrogen-bond donors (Lipinski definition) is 1. The van der Waals surface area contributed by atoms with E-state index in [2.05, 4.69) is 5.32 Å². The zero-order valence-corrected chi connectivity index (χ0v) is 11.0. The summed E-state index contributed by atoms with van der Waals surface area (Å²) < 4.78 is 24.2. The third-order valence-electron chi connectivity index (χ3n) is 3.49. The summed E-state index contributed by atoms with van der Waals surface area (Å²) in [5.41, 5.74) is 0.841. The molecular weight excluding hydrogens is 233 g/mol. The Morgan fingerprint density at radius 1 is 1.33 bits per heavy atom. The second-order valence-corrected chi connectivity index (χ2v) is 4.68. The fourth-order valence-electron chi connectivity index (χ4n) is 2.57. The van der Waals surface area contributed by atoms with Gasteiger partial charge in [0.25, 0.3) is 0 Å². The lowest BCUT2D eigenvalue weighted by atomic mass is 9.91. The topological polar surface area (TPSA) is 30.5 Å². The second kappa shape index (κ2) is 6.05. The molecule has 1 fully saturated rings. The minimum atomic E-state index is -0.322. The summed E-state index contributed by atoms with van der Waals surface area (Å²) in [6.07, 6.45) is 3.12. The number of piperidine rings is 1. The van der Waals surface area contributed by atoms with Crippen molar-refractivity contribution in [1.82, 2.24) is 5.32 Å². The van der Waals surface area contributed by atoms with Crippen molar-refractivity contribution in [1.29, 1.82) is 0 Å². The molecular formula is C14H20FNO2. The first-order valence-corrected chi connectivity index (χ1v) is 6.36. The molecule has 100 valence electrons. The highest BCUT2D eigenvalue weighted by molar-refractivity contribution is 5.46. The molecule has 1 atom stereocenters. The van der Waals surface area contributed by atoms with Gasteiger partial charge in [0.15, 0.2) is 11.6 Å². The van der Waals surface area contributed by atoms with Gasteiger partial charge in [0.05, 0.1) is 14.2 Å². The number of nitrogens with one attached hydrogen (secondary N) is 1. The molecule has 2 rings (SSSR count). The van der Waals surface area contributed by atoms with Gasteiger partial charge in [-0.05, 0) is 50.4 Å². The lowest BCUT2D eigenvalue weighted by Crippen LogP contribution is -2.31. The van der Waals surface area contributed by atoms with Crippen LogP contribution in [0.2, 0.25) is 0 Å². The minimum Gasteiger partial charge on any atom is -0.496 e. The van der Waals surface area contributed by atoms with Crippen LogP contribution in [-0.4, -0.2) is 27.3 Å². The molecule has 1 N–H and O–H groups in total. The van der Waals surface area contributed by atoms with Gasteiger partial charge in [-0.1, -0.05) is 0 Å². The molecule has 3 nitrogen and oxygen atoms in total. The third-order valence-corrected chi connectivity index (χ3v) is 3.49. The molecule has 0 radical (unpaired) electrons. The summed E-state index contributed by atoms with van der Waals surface area (Å²) in [6.45, 7) is 2.05. The molecule has 1 aliphatic heterocycles. The van der Waals surface area contributed by atoms with Crippen LogP contribution in [0.1, 0.15) is 18.4 Å². The number of hydrogen-bond acceptors (Lipinski definition) is 3. The summed E-state index contributed by atoms with van der Waals surface area (Å²) in [7, 11) is 3.11. The van der Waals surface area contributed by atoms with Gasteiger partial charge < -0.3 is 14.8 Å². The van der Waals surface area contributed by atoms with Crippen LogP contribution in [-0.2, 0) is 6.42 Å². The Kier molecular flexibility index (Phi) is 4.42. The molecule has 1 aromatic rings. The smallest absolute Gasteiger partial charge is 0.165 e. The molecule has 1 saturated heterocycles. The molecule has 0 spiro atoms. The van der Waals surface area contributed by atoms with Crippen molar-refractivity contribution in [2.75, 3.05) is 27.3 Å². The SMILES string of the molecule is COc1ccc(F)c(OC)c1CC1CCCNC1. The molecule has 4 heteroatoms. The summed E-state index contributed by atoms with van der Waals surface area (Å²) >= 11 is 0. The third kappa shape index (κ3) is 2.75. The van der Waals surface area contributed by atoms with E-state index in [1.165, 1.54) is 19.6 Å². The lowest BCUT2D eigenvalue weighted by Gasteiger charge is -2.24. The Morgan fingerprint density at radius 3 is 2.78 bits per heavy atom. The van der Waals surface area contributed by atoms with Crippen molar-refractivity contribution in [3.63, 3.8) is 0 Å². The fraction of sp³-hybridized carbons (Fsp3) is 0.571. The first-order chi connectivity index (χ1) is 8.76. The monoisotopic (exact) mass is 253 g/mol. The quantitative estimate of drug-likeness (QED) is 0.893. The average Bonchev–Trinajstić information content (AvgIpc) is 2.40. The maximum Gasteiger partial charge on any atom is 0.165 e. The van der Waals surface area contributed by atoms with Crippen LogP contribution < -0.4 is 14.8 Å². The van der Waals surface area contributed by atoms with Crippen molar-refractivity contribution in [3.05, 3.63) is 23.5 Å². The standard InChI is InChI=1S/C14H20FNO2/c1-17-13-6-5-12(15)14(18-2)11(13)8-10-4-3-7-16-9-10/h5-6,10,16H,3-4,7-9H2,1-2H3. The molecule has 18 heavy (non-hydrogen) atoms. The van der Waals surface area contributed by atoms with E-state index in [-0.39, 0.29) is 5.82 Å². The maximum absolute atomic E-state index is 13.7. The van der Waals surface area contributed by atoms with E-state index in [4.69, 9.17) is 9.47 Å². The van der Waals surface area contributed by atoms with Crippen LogP contribution in [0.4, 0.5) is 4.39 Å². The Bertz CT molecular complexity index is 403. The molecule has 1 unspecified atom stereocenters. The van der Waals surface area contributed by atoms with E-state index < -0.39 is 0 Å². The van der Waals surface area contributed by atoms with Gasteiger partial charge in [0.2, 0.25) is 0 Å². The molecule has 1 aromatic carbocycles. The lowest BCUT2D eigenvalue weighted by molar-refractivity contribution is 0.340. The van der Waals surface area contributed by atoms with Crippen LogP contribution in [0.25, 0.3) is 0 Å². The summed E-state index contributed by atoms with van der Waals surface area (Å²) in [5.74, 6) is 1.22. The van der Waals surface area contributed by atoms with Crippen molar-refractivity contribution < 1.29 is 13.9 Å². The Morgan fingerprint density at radius 2 is 2.17 bits per heavy atom. The average molecular weight is 253 g/mol. The highest BCUT2D eigenvalue weighted by atomic mass is 19.1. The second-order valence-electron chi connectivity index (χ2n) is 4.68. The van der Waals surface area contributed by atoms with E-state index in [0.29, 0.717) is 17.4 Å². The van der Waals surface area contributed by atoms with Crippen molar-refractivity contribution in [3.8, 4) is 11.5 Å². The van der Waals surface area contributed by atoms with Crippen molar-refractivity contribution in [2.24, 2.45) is 5.92 Å². The van der Waals surface area contributed by atoms with Gasteiger partial charge in [-0.2, -0.15) is 0 Å². The van der Waals surface area contributed by atoms with Gasteiger partial charge in [-0.3, -0.25) is 0 Å². The first kappa shape index (κ1) is 13.1. The fourth-order valence-corrected chi connectivity index (χ4v) is 2.57. The molecule has 0 bridgehead atoms. The van der Waals surface area contributed by atoms with Crippen LogP contribution in [0, 0.1) is 11.7 Å². The van der Waals surface area contributed by atoms with E-state index in [1.54, 1.807) is 13.2 Å². The van der Waals surface area contributed by atoms with Gasteiger partial charge >= 0.3 is 0 Å². The van der Waals surface area contributed by atoms with Gasteiger partial charge in [-0.25, -0.2) is 4.39 Å². The Hall–Kier alpha value is -1.29. The summed E-state index contributed by atoms with van der Waals surface area (Å²) in [5, 5.41) is 3.37. The van der Waals surface area contributed by atoms with Gasteiger partial charge in [-0.15, -0.1) is 0 Å². The maximum atomic E-state index is 13.7. The van der Waals surface area contributed by atoms with E-state index in [9.17, 15) is 4.39 Å². The Labute approximate surface area is 107 Å². The van der Waals surface area contributed by atoms with E-state index in [1.807, 2.05) is 0 Å². The normalized spacial score (nSPS) is 19.6. The predicted molar refractivity (Wildman–Crippen MR) is 68.8 cm³/mol. The van der Waals surface area contributed by atoms with Crippen LogP contribution in [0.3, 0.4) is 0 Å². The molecule has 1 aliphatic rings. The number of methoxy groups -OCH3 is 2. The van der Waals surface area contributed by atoms with Crippen LogP contribution >= 0.6 is 0 Å². The van der Waals surface area contributed by atoms with Crippen LogP contribution in [0.5, 0.6) is 11.5 Å². The van der Waals surface area contributed by atoms with E-state index in [0.717, 1.165) is 31.5 Å². The molecule has 0 aromatic heterocycles. The van der Waals surface area contributed by atoms with Gasteiger partial charge in [0, 0.05) is 5.56 Å². The molecule has 0 amide bonds. The first-order valence-electron chi connectivity index (χ1n) is 6.36. The zero-order chi connectivity index (χ0) is 13.0. The predicted octanol–water partition coefficient (Wildman–Crippen LogP) is 2.39. The highest BCUT2D eigenvalue weighted by Gasteiger charge is 2.20. The molecule has 1 heterocycles. The zero-order valence-electron chi connectivity index (χ0n) is 11.0.